The molecule has 0 aromatic carbocycles. The van der Waals surface area contributed by atoms with E-state index in [0.29, 0.717) is 6.42 Å². The Morgan fingerprint density at radius 2 is 1.77 bits per heavy atom. The fourth-order valence-corrected chi connectivity index (χ4v) is 1.52. The fraction of sp³-hybridized carbons (Fsp3) is 0.778. The first-order chi connectivity index (χ1) is 6.06. The molecule has 4 heteroatoms. The van der Waals surface area contributed by atoms with Gasteiger partial charge in [0.05, 0.1) is 5.75 Å². The minimum atomic E-state index is -3.75. The second-order valence-corrected chi connectivity index (χ2v) is 4.61. The van der Waals surface area contributed by atoms with E-state index >= 15 is 0 Å². The van der Waals surface area contributed by atoms with E-state index in [1.165, 1.54) is 0 Å². The fourth-order valence-electron chi connectivity index (χ4n) is 0.949. The van der Waals surface area contributed by atoms with E-state index in [0.717, 1.165) is 25.7 Å². The Labute approximate surface area is 80.6 Å². The molecule has 0 amide bonds. The number of hydrogen-bond acceptors (Lipinski definition) is 2. The van der Waals surface area contributed by atoms with Crippen LogP contribution in [0.3, 0.4) is 0 Å². The summed E-state index contributed by atoms with van der Waals surface area (Å²) >= 11 is 0. The molecule has 0 aliphatic heterocycles. The van der Waals surface area contributed by atoms with Crippen LogP contribution in [0.4, 0.5) is 0 Å². The lowest BCUT2D eigenvalue weighted by atomic mass is 10.2. The second-order valence-electron chi connectivity index (χ2n) is 3.04. The molecular formula is C9H18O3S. The summed E-state index contributed by atoms with van der Waals surface area (Å²) in [4.78, 5) is 0. The highest BCUT2D eigenvalue weighted by Gasteiger charge is 2.01. The topological polar surface area (TPSA) is 54.4 Å². The summed E-state index contributed by atoms with van der Waals surface area (Å²) in [6, 6.07) is 0. The van der Waals surface area contributed by atoms with E-state index in [-0.39, 0.29) is 5.75 Å². The predicted octanol–water partition coefficient (Wildman–Crippen LogP) is 2.40. The molecule has 0 saturated carbocycles. The third-order valence-corrected chi connectivity index (χ3v) is 2.45. The van der Waals surface area contributed by atoms with Gasteiger partial charge in [-0.15, -0.1) is 0 Å². The molecule has 0 aliphatic carbocycles. The molecule has 0 aromatic rings. The van der Waals surface area contributed by atoms with Crippen molar-refractivity contribution in [1.29, 1.82) is 0 Å². The van der Waals surface area contributed by atoms with Crippen molar-refractivity contribution in [3.05, 3.63) is 12.2 Å². The maximum absolute atomic E-state index is 10.3. The molecule has 3 nitrogen and oxygen atoms in total. The van der Waals surface area contributed by atoms with Crippen molar-refractivity contribution in [2.75, 3.05) is 5.75 Å². The quantitative estimate of drug-likeness (QED) is 0.395. The van der Waals surface area contributed by atoms with E-state index in [1.807, 2.05) is 0 Å². The SMILES string of the molecule is CCCC=CCCCCS(=O)(=O)O. The van der Waals surface area contributed by atoms with Gasteiger partial charge < -0.3 is 0 Å². The molecule has 1 N–H and O–H groups in total. The number of rotatable bonds is 7. The number of unbranched alkanes of at least 4 members (excludes halogenated alkanes) is 3. The number of hydrogen-bond donors (Lipinski definition) is 1. The predicted molar refractivity (Wildman–Crippen MR) is 54.3 cm³/mol. The van der Waals surface area contributed by atoms with Gasteiger partial charge >= 0.3 is 0 Å². The average Bonchev–Trinajstić information content (AvgIpc) is 2.01. The third kappa shape index (κ3) is 11.7. The van der Waals surface area contributed by atoms with Gasteiger partial charge in [-0.05, 0) is 25.7 Å². The van der Waals surface area contributed by atoms with Crippen LogP contribution < -0.4 is 0 Å². The van der Waals surface area contributed by atoms with Gasteiger partial charge in [-0.3, -0.25) is 4.55 Å². The van der Waals surface area contributed by atoms with Crippen molar-refractivity contribution in [1.82, 2.24) is 0 Å². The lowest BCUT2D eigenvalue weighted by molar-refractivity contribution is 0.480. The minimum Gasteiger partial charge on any atom is -0.286 e. The zero-order valence-electron chi connectivity index (χ0n) is 8.07. The number of allylic oxidation sites excluding steroid dienone is 2. The van der Waals surface area contributed by atoms with Gasteiger partial charge in [0, 0.05) is 0 Å². The van der Waals surface area contributed by atoms with Gasteiger partial charge in [0.15, 0.2) is 0 Å². The summed E-state index contributed by atoms with van der Waals surface area (Å²) in [5.74, 6) is -0.116. The normalized spacial score (nSPS) is 12.5. The Bertz CT molecular complexity index is 229. The second kappa shape index (κ2) is 7.09. The van der Waals surface area contributed by atoms with Crippen molar-refractivity contribution in [3.8, 4) is 0 Å². The highest BCUT2D eigenvalue weighted by molar-refractivity contribution is 7.85. The molecule has 0 heterocycles. The minimum absolute atomic E-state index is 0.116. The van der Waals surface area contributed by atoms with Gasteiger partial charge in [0.1, 0.15) is 0 Å². The highest BCUT2D eigenvalue weighted by Crippen LogP contribution is 2.00. The summed E-state index contributed by atoms with van der Waals surface area (Å²) in [5, 5.41) is 0. The molecule has 0 spiro atoms. The molecule has 0 saturated heterocycles. The summed E-state index contributed by atoms with van der Waals surface area (Å²) in [7, 11) is -3.75. The zero-order chi connectivity index (χ0) is 10.2. The molecule has 78 valence electrons. The van der Waals surface area contributed by atoms with E-state index in [9.17, 15) is 8.42 Å². The molecule has 0 unspecified atom stereocenters. The van der Waals surface area contributed by atoms with E-state index in [4.69, 9.17) is 4.55 Å². The van der Waals surface area contributed by atoms with Gasteiger partial charge in [-0.1, -0.05) is 25.5 Å². The molecule has 0 rings (SSSR count). The Morgan fingerprint density at radius 3 is 2.31 bits per heavy atom. The first-order valence-corrected chi connectivity index (χ1v) is 6.27. The molecule has 13 heavy (non-hydrogen) atoms. The van der Waals surface area contributed by atoms with Crippen LogP contribution in [0.1, 0.15) is 39.0 Å². The van der Waals surface area contributed by atoms with Crippen LogP contribution >= 0.6 is 0 Å². The van der Waals surface area contributed by atoms with Crippen molar-refractivity contribution in [3.63, 3.8) is 0 Å². The summed E-state index contributed by atoms with van der Waals surface area (Å²) in [6.45, 7) is 2.11. The van der Waals surface area contributed by atoms with Crippen LogP contribution in [-0.4, -0.2) is 18.7 Å². The summed E-state index contributed by atoms with van der Waals surface area (Å²) in [6.07, 6.45) is 8.64. The van der Waals surface area contributed by atoms with Gasteiger partial charge in [0.2, 0.25) is 0 Å². The Kier molecular flexibility index (Phi) is 6.90. The van der Waals surface area contributed by atoms with Gasteiger partial charge in [0.25, 0.3) is 10.1 Å². The first kappa shape index (κ1) is 12.7. The monoisotopic (exact) mass is 206 g/mol. The van der Waals surface area contributed by atoms with Crippen LogP contribution in [0.25, 0.3) is 0 Å². The summed E-state index contributed by atoms with van der Waals surface area (Å²) in [5.41, 5.74) is 0. The first-order valence-electron chi connectivity index (χ1n) is 4.66. The van der Waals surface area contributed by atoms with Crippen molar-refractivity contribution < 1.29 is 13.0 Å². The Morgan fingerprint density at radius 1 is 1.15 bits per heavy atom. The van der Waals surface area contributed by atoms with Crippen molar-refractivity contribution in [2.24, 2.45) is 0 Å². The van der Waals surface area contributed by atoms with Crippen LogP contribution in [0.2, 0.25) is 0 Å². The maximum Gasteiger partial charge on any atom is 0.264 e. The van der Waals surface area contributed by atoms with Gasteiger partial charge in [-0.2, -0.15) is 8.42 Å². The van der Waals surface area contributed by atoms with Crippen LogP contribution in [0, 0.1) is 0 Å². The molecule has 0 aromatic heterocycles. The van der Waals surface area contributed by atoms with Gasteiger partial charge in [-0.25, -0.2) is 0 Å². The summed E-state index contributed by atoms with van der Waals surface area (Å²) < 4.78 is 29.0. The average molecular weight is 206 g/mol. The third-order valence-electron chi connectivity index (χ3n) is 1.65. The lowest BCUT2D eigenvalue weighted by Crippen LogP contribution is -2.02. The smallest absolute Gasteiger partial charge is 0.264 e. The molecule has 0 bridgehead atoms. The molecular weight excluding hydrogens is 188 g/mol. The van der Waals surface area contributed by atoms with E-state index in [1.54, 1.807) is 0 Å². The van der Waals surface area contributed by atoms with Crippen LogP contribution in [0.5, 0.6) is 0 Å². The van der Waals surface area contributed by atoms with E-state index in [2.05, 4.69) is 19.1 Å². The van der Waals surface area contributed by atoms with Crippen molar-refractivity contribution in [2.45, 2.75) is 39.0 Å². The molecule has 0 aliphatic rings. The standard InChI is InChI=1S/C9H18O3S/c1-2-3-4-5-6-7-8-9-13(10,11)12/h4-5H,2-3,6-9H2,1H3,(H,10,11,12). The van der Waals surface area contributed by atoms with E-state index < -0.39 is 10.1 Å². The largest absolute Gasteiger partial charge is 0.286 e. The van der Waals surface area contributed by atoms with Crippen molar-refractivity contribution >= 4 is 10.1 Å². The highest BCUT2D eigenvalue weighted by atomic mass is 32.2. The zero-order valence-corrected chi connectivity index (χ0v) is 8.89. The Balaban J connectivity index is 3.27. The maximum atomic E-state index is 10.3. The molecule has 0 radical (unpaired) electrons. The van der Waals surface area contributed by atoms with Crippen LogP contribution in [-0.2, 0) is 10.1 Å². The lowest BCUT2D eigenvalue weighted by Gasteiger charge is -1.94. The molecule has 0 fully saturated rings. The Hall–Kier alpha value is -0.350. The molecule has 0 atom stereocenters. The van der Waals surface area contributed by atoms with Crippen LogP contribution in [0.15, 0.2) is 12.2 Å².